The van der Waals surface area contributed by atoms with E-state index in [-0.39, 0.29) is 0 Å². The van der Waals surface area contributed by atoms with Crippen molar-refractivity contribution in [2.24, 2.45) is 0 Å². The van der Waals surface area contributed by atoms with Gasteiger partial charge in [-0.2, -0.15) is 8.78 Å². The van der Waals surface area contributed by atoms with Crippen molar-refractivity contribution >= 4 is 11.6 Å². The van der Waals surface area contributed by atoms with E-state index < -0.39 is 17.9 Å². The summed E-state index contributed by atoms with van der Waals surface area (Å²) >= 11 is 4.29. The van der Waals surface area contributed by atoms with Crippen LogP contribution in [0.1, 0.15) is 0 Å². The lowest BCUT2D eigenvalue weighted by molar-refractivity contribution is -0.167. The Morgan fingerprint density at radius 2 is 1.67 bits per heavy atom. The van der Waals surface area contributed by atoms with E-state index in [1.54, 1.807) is 0 Å². The van der Waals surface area contributed by atoms with E-state index in [0.717, 1.165) is 0 Å². The number of aliphatic hydroxyl groups excluding tert-OH is 1. The molecule has 0 spiro atoms. The molecule has 0 aromatic rings. The summed E-state index contributed by atoms with van der Waals surface area (Å²) in [4.78, 5) is 0. The zero-order valence-electron chi connectivity index (χ0n) is 3.99. The Morgan fingerprint density at radius 3 is 1.67 bits per heavy atom. The summed E-state index contributed by atoms with van der Waals surface area (Å²) in [5.74, 6) is -4.51. The van der Waals surface area contributed by atoms with E-state index in [9.17, 15) is 17.6 Å². The molecule has 0 aliphatic heterocycles. The third-order valence-corrected chi connectivity index (χ3v) is 0.899. The minimum atomic E-state index is -4.51. The maximum Gasteiger partial charge on any atom is 0.346 e. The molecular weight excluding hydrogens is 163 g/mol. The Bertz CT molecular complexity index is 83.8. The van der Waals surface area contributed by atoms with Crippen LogP contribution in [0.2, 0.25) is 0 Å². The van der Waals surface area contributed by atoms with Crippen LogP contribution in [0.25, 0.3) is 0 Å². The zero-order valence-corrected chi connectivity index (χ0v) is 4.75. The fraction of sp³-hybridized carbons (Fsp3) is 1.00. The molecule has 0 heterocycles. The Labute approximate surface area is 53.2 Å². The summed E-state index contributed by atoms with van der Waals surface area (Å²) in [7, 11) is 0. The van der Waals surface area contributed by atoms with Gasteiger partial charge in [-0.05, 0) is 0 Å². The van der Waals surface area contributed by atoms with Gasteiger partial charge in [0.15, 0.2) is 5.56 Å². The van der Waals surface area contributed by atoms with Crippen LogP contribution in [0.15, 0.2) is 0 Å². The molecular formula is C3H3ClF4O. The fourth-order valence-corrected chi connectivity index (χ4v) is 0.199. The fourth-order valence-electron chi connectivity index (χ4n) is 0.104. The molecule has 0 saturated heterocycles. The largest absolute Gasteiger partial charge is 0.372 e. The van der Waals surface area contributed by atoms with Gasteiger partial charge in [-0.3, -0.25) is 0 Å². The second kappa shape index (κ2) is 2.70. The number of aliphatic hydroxyl groups is 1. The van der Waals surface area contributed by atoms with E-state index in [4.69, 9.17) is 5.11 Å². The SMILES string of the molecule is OC(Cl)C(F)(F)C(F)F. The van der Waals surface area contributed by atoms with Crippen LogP contribution in [0.5, 0.6) is 0 Å². The molecule has 0 bridgehead atoms. The number of hydrogen-bond donors (Lipinski definition) is 1. The van der Waals surface area contributed by atoms with Gasteiger partial charge in [-0.1, -0.05) is 11.6 Å². The van der Waals surface area contributed by atoms with Crippen LogP contribution in [-0.2, 0) is 0 Å². The average molecular weight is 167 g/mol. The second-order valence-corrected chi connectivity index (χ2v) is 1.72. The molecule has 6 heteroatoms. The van der Waals surface area contributed by atoms with Crippen molar-refractivity contribution in [3.8, 4) is 0 Å². The second-order valence-electron chi connectivity index (χ2n) is 1.31. The van der Waals surface area contributed by atoms with Crippen LogP contribution in [0.3, 0.4) is 0 Å². The van der Waals surface area contributed by atoms with E-state index >= 15 is 0 Å². The van der Waals surface area contributed by atoms with E-state index in [0.29, 0.717) is 0 Å². The molecule has 1 unspecified atom stereocenters. The van der Waals surface area contributed by atoms with Crippen molar-refractivity contribution in [2.75, 3.05) is 0 Å². The first-order valence-electron chi connectivity index (χ1n) is 1.87. The van der Waals surface area contributed by atoms with Gasteiger partial charge in [0.1, 0.15) is 0 Å². The van der Waals surface area contributed by atoms with E-state index in [1.807, 2.05) is 0 Å². The Balaban J connectivity index is 4.01. The normalized spacial score (nSPS) is 16.3. The molecule has 0 amide bonds. The number of hydrogen-bond acceptors (Lipinski definition) is 1. The third kappa shape index (κ3) is 1.98. The molecule has 0 aliphatic carbocycles. The lowest BCUT2D eigenvalue weighted by Crippen LogP contribution is -2.36. The van der Waals surface area contributed by atoms with Gasteiger partial charge in [0.2, 0.25) is 0 Å². The lowest BCUT2D eigenvalue weighted by atomic mass is 10.4. The highest BCUT2D eigenvalue weighted by Crippen LogP contribution is 2.28. The zero-order chi connectivity index (χ0) is 7.65. The average Bonchev–Trinajstić information content (AvgIpc) is 1.65. The van der Waals surface area contributed by atoms with E-state index in [2.05, 4.69) is 11.6 Å². The van der Waals surface area contributed by atoms with Crippen molar-refractivity contribution < 1.29 is 22.7 Å². The van der Waals surface area contributed by atoms with Gasteiger partial charge in [-0.25, -0.2) is 8.78 Å². The van der Waals surface area contributed by atoms with Crippen molar-refractivity contribution in [3.63, 3.8) is 0 Å². The number of alkyl halides is 5. The standard InChI is InChI=1S/C3H3ClF4O/c4-1(9)3(7,8)2(5)6/h1-2,9H. The van der Waals surface area contributed by atoms with Crippen LogP contribution >= 0.6 is 11.6 Å². The Kier molecular flexibility index (Phi) is 2.69. The minimum absolute atomic E-state index is 2.82. The smallest absolute Gasteiger partial charge is 0.346 e. The molecule has 0 saturated carbocycles. The van der Waals surface area contributed by atoms with Crippen LogP contribution in [-0.4, -0.2) is 23.0 Å². The molecule has 56 valence electrons. The van der Waals surface area contributed by atoms with Gasteiger partial charge in [-0.15, -0.1) is 0 Å². The van der Waals surface area contributed by atoms with Crippen molar-refractivity contribution in [2.45, 2.75) is 17.9 Å². The first-order chi connectivity index (χ1) is 3.89. The highest BCUT2D eigenvalue weighted by atomic mass is 35.5. The number of halogens is 5. The monoisotopic (exact) mass is 166 g/mol. The molecule has 0 rings (SSSR count). The summed E-state index contributed by atoms with van der Waals surface area (Å²) < 4.78 is 45.2. The molecule has 1 atom stereocenters. The van der Waals surface area contributed by atoms with Crippen molar-refractivity contribution in [1.82, 2.24) is 0 Å². The number of rotatable bonds is 2. The summed E-state index contributed by atoms with van der Waals surface area (Å²) in [6.07, 6.45) is -3.93. The van der Waals surface area contributed by atoms with Crippen molar-refractivity contribution in [1.29, 1.82) is 0 Å². The van der Waals surface area contributed by atoms with Crippen LogP contribution in [0.4, 0.5) is 17.6 Å². The van der Waals surface area contributed by atoms with E-state index in [1.165, 1.54) is 0 Å². The highest BCUT2D eigenvalue weighted by molar-refractivity contribution is 6.20. The van der Waals surface area contributed by atoms with Crippen LogP contribution in [0, 0.1) is 0 Å². The quantitative estimate of drug-likeness (QED) is 0.486. The van der Waals surface area contributed by atoms with Gasteiger partial charge in [0.05, 0.1) is 0 Å². The predicted molar refractivity (Wildman–Crippen MR) is 22.8 cm³/mol. The molecule has 0 fully saturated rings. The summed E-state index contributed by atoms with van der Waals surface area (Å²) in [5, 5.41) is 7.79. The van der Waals surface area contributed by atoms with Gasteiger partial charge >= 0.3 is 12.3 Å². The summed E-state index contributed by atoms with van der Waals surface area (Å²) in [5.41, 5.74) is -2.82. The molecule has 0 radical (unpaired) electrons. The summed E-state index contributed by atoms with van der Waals surface area (Å²) in [6.45, 7) is 0. The minimum Gasteiger partial charge on any atom is -0.372 e. The maximum atomic E-state index is 11.5. The Morgan fingerprint density at radius 1 is 1.33 bits per heavy atom. The molecule has 1 nitrogen and oxygen atoms in total. The van der Waals surface area contributed by atoms with Gasteiger partial charge in [0, 0.05) is 0 Å². The first-order valence-corrected chi connectivity index (χ1v) is 2.30. The molecule has 0 aromatic heterocycles. The first kappa shape index (κ1) is 8.97. The van der Waals surface area contributed by atoms with Crippen LogP contribution < -0.4 is 0 Å². The topological polar surface area (TPSA) is 20.2 Å². The molecule has 0 aromatic carbocycles. The molecule has 1 N–H and O–H groups in total. The third-order valence-electron chi connectivity index (χ3n) is 0.609. The molecule has 0 aliphatic rings. The lowest BCUT2D eigenvalue weighted by Gasteiger charge is -2.15. The highest BCUT2D eigenvalue weighted by Gasteiger charge is 2.47. The van der Waals surface area contributed by atoms with Gasteiger partial charge in [0.25, 0.3) is 0 Å². The molecule has 9 heavy (non-hydrogen) atoms. The summed E-state index contributed by atoms with van der Waals surface area (Å²) in [6, 6.07) is 0. The van der Waals surface area contributed by atoms with Crippen molar-refractivity contribution in [3.05, 3.63) is 0 Å². The Hall–Kier alpha value is -0.0300. The van der Waals surface area contributed by atoms with Gasteiger partial charge < -0.3 is 5.11 Å². The maximum absolute atomic E-state index is 11.5. The predicted octanol–water partition coefficient (Wildman–Crippen LogP) is 1.44.